The molecule has 2 saturated heterocycles. The number of ether oxygens (including phenoxy) is 4. The zero-order valence-electron chi connectivity index (χ0n) is 39.6. The number of methoxy groups -OCH3 is 2. The summed E-state index contributed by atoms with van der Waals surface area (Å²) in [5.41, 5.74) is 0.240. The van der Waals surface area contributed by atoms with Gasteiger partial charge in [0.1, 0.15) is 0 Å². The molecule has 0 spiro atoms. The minimum Gasteiger partial charge on any atom is -0.493 e. The van der Waals surface area contributed by atoms with E-state index in [1.165, 1.54) is 48.3 Å². The Morgan fingerprint density at radius 1 is 0.600 bits per heavy atom. The van der Waals surface area contributed by atoms with Gasteiger partial charge in [0.2, 0.25) is 0 Å². The molecule has 2 fully saturated rings. The number of nitrogens with zero attached hydrogens (tertiary/aromatic N) is 4. The summed E-state index contributed by atoms with van der Waals surface area (Å²) in [5, 5.41) is 20.8. The summed E-state index contributed by atoms with van der Waals surface area (Å²) >= 11 is 0. The van der Waals surface area contributed by atoms with Gasteiger partial charge in [-0.15, -0.1) is 0 Å². The summed E-state index contributed by atoms with van der Waals surface area (Å²) in [6.45, 7) is 20.2. The highest BCUT2D eigenvalue weighted by molar-refractivity contribution is 6.74. The molecule has 2 aromatic rings. The quantitative estimate of drug-likeness (QED) is 0.138. The third kappa shape index (κ3) is 9.57. The first-order valence-electron chi connectivity index (χ1n) is 22.0. The molecule has 0 radical (unpaired) electrons. The van der Waals surface area contributed by atoms with Crippen LogP contribution in [0.4, 0.5) is 21.0 Å². The predicted octanol–water partition coefficient (Wildman–Crippen LogP) is 7.59. The van der Waals surface area contributed by atoms with E-state index in [1.54, 1.807) is 0 Å². The molecule has 4 amide bonds. The SMILES string of the molecule is COc1cc2c(cc1OCCCCCOc1cc3c(cc1OC)C(=O)N1CC(=O)CC1C(O[Si](C)(C)C(C)(C)C)N3C(=O)O)N(C(=O)O)C(O[Si](C)(C)C(C)(C)C)C1CC(=O)CN1C2=O. The van der Waals surface area contributed by atoms with Gasteiger partial charge >= 0.3 is 12.2 Å². The van der Waals surface area contributed by atoms with Gasteiger partial charge in [-0.25, -0.2) is 19.4 Å². The van der Waals surface area contributed by atoms with Crippen molar-refractivity contribution in [3.63, 3.8) is 0 Å². The van der Waals surface area contributed by atoms with Crippen molar-refractivity contribution in [2.75, 3.05) is 50.3 Å². The maximum absolute atomic E-state index is 14.1. The van der Waals surface area contributed by atoms with E-state index in [1.807, 2.05) is 67.7 Å². The number of amides is 4. The topological polar surface area (TPSA) is 211 Å². The Balaban J connectivity index is 1.18. The zero-order chi connectivity index (χ0) is 48.1. The van der Waals surface area contributed by atoms with Crippen LogP contribution in [-0.4, -0.2) is 137 Å². The van der Waals surface area contributed by atoms with E-state index in [4.69, 9.17) is 27.8 Å². The summed E-state index contributed by atoms with van der Waals surface area (Å²) < 4.78 is 37.1. The minimum absolute atomic E-state index is 0.0398. The van der Waals surface area contributed by atoms with Crippen molar-refractivity contribution in [1.29, 1.82) is 0 Å². The molecule has 4 heterocycles. The Bertz CT molecular complexity index is 2080. The van der Waals surface area contributed by atoms with Crippen LogP contribution in [0.2, 0.25) is 36.3 Å². The van der Waals surface area contributed by atoms with E-state index < -0.39 is 65.2 Å². The number of carbonyl (C=O) groups is 6. The van der Waals surface area contributed by atoms with Crippen molar-refractivity contribution >= 4 is 63.6 Å². The molecule has 4 unspecified atom stereocenters. The van der Waals surface area contributed by atoms with Gasteiger partial charge in [0.05, 0.1) is 75.1 Å². The van der Waals surface area contributed by atoms with Crippen molar-refractivity contribution in [2.45, 2.75) is 134 Å². The van der Waals surface area contributed by atoms with Gasteiger partial charge in [0.25, 0.3) is 11.8 Å². The molecule has 20 heteroatoms. The maximum atomic E-state index is 14.1. The Morgan fingerprint density at radius 2 is 0.954 bits per heavy atom. The molecule has 2 N–H and O–H groups in total. The highest BCUT2D eigenvalue weighted by atomic mass is 28.4. The largest absolute Gasteiger partial charge is 0.493 e. The average Bonchev–Trinajstić information content (AvgIpc) is 3.76. The number of unbranched alkanes of at least 4 members (excludes halogenated alkanes) is 2. The fourth-order valence-electron chi connectivity index (χ4n) is 8.09. The number of carboxylic acid groups (broad SMARTS) is 2. The highest BCUT2D eigenvalue weighted by Gasteiger charge is 2.54. The number of rotatable bonds is 14. The van der Waals surface area contributed by atoms with Crippen molar-refractivity contribution in [2.24, 2.45) is 0 Å². The van der Waals surface area contributed by atoms with Crippen LogP contribution in [0, 0.1) is 0 Å². The lowest BCUT2D eigenvalue weighted by Crippen LogP contribution is -2.57. The zero-order valence-corrected chi connectivity index (χ0v) is 41.6. The molecule has 4 aliphatic rings. The van der Waals surface area contributed by atoms with Gasteiger partial charge in [-0.1, -0.05) is 41.5 Å². The Hall–Kier alpha value is -5.19. The number of fused-ring (bicyclic) bond motifs is 4. The second-order valence-corrected chi connectivity index (χ2v) is 29.6. The monoisotopic (exact) mass is 940 g/mol. The van der Waals surface area contributed by atoms with Crippen LogP contribution in [0.1, 0.15) is 94.4 Å². The van der Waals surface area contributed by atoms with Crippen molar-refractivity contribution in [3.05, 3.63) is 35.4 Å². The lowest BCUT2D eigenvalue weighted by atomic mass is 10.1. The molecule has 0 saturated carbocycles. The van der Waals surface area contributed by atoms with Gasteiger partial charge in [-0.3, -0.25) is 19.2 Å². The van der Waals surface area contributed by atoms with Crippen molar-refractivity contribution < 1.29 is 66.8 Å². The number of anilines is 2. The van der Waals surface area contributed by atoms with Crippen LogP contribution < -0.4 is 28.7 Å². The molecule has 0 aliphatic carbocycles. The van der Waals surface area contributed by atoms with Crippen LogP contribution in [0.3, 0.4) is 0 Å². The van der Waals surface area contributed by atoms with E-state index in [9.17, 15) is 39.0 Å². The number of hydrogen-bond donors (Lipinski definition) is 2. The summed E-state index contributed by atoms with van der Waals surface area (Å²) in [4.78, 5) is 84.8. The van der Waals surface area contributed by atoms with Gasteiger partial charge in [-0.2, -0.15) is 0 Å². The van der Waals surface area contributed by atoms with Crippen LogP contribution in [-0.2, 0) is 18.4 Å². The van der Waals surface area contributed by atoms with Gasteiger partial charge < -0.3 is 47.8 Å². The minimum atomic E-state index is -2.65. The summed E-state index contributed by atoms with van der Waals surface area (Å²) in [5.74, 6) is -0.502. The Kier molecular flexibility index (Phi) is 13.8. The first-order chi connectivity index (χ1) is 30.2. The lowest BCUT2D eigenvalue weighted by Gasteiger charge is -2.43. The van der Waals surface area contributed by atoms with E-state index in [-0.39, 0.29) is 106 Å². The Morgan fingerprint density at radius 3 is 1.26 bits per heavy atom. The molecule has 4 atom stereocenters. The number of Topliss-reactive ketones (excluding diaryl/α,β-unsaturated/α-hetero) is 2. The molecule has 0 aromatic heterocycles. The molecule has 65 heavy (non-hydrogen) atoms. The molecular formula is C45H64N4O14Si2. The average molecular weight is 941 g/mol. The van der Waals surface area contributed by atoms with E-state index in [0.29, 0.717) is 19.3 Å². The number of benzene rings is 2. The third-order valence-electron chi connectivity index (χ3n) is 13.8. The number of carbonyl (C=O) groups excluding carboxylic acids is 4. The van der Waals surface area contributed by atoms with Crippen LogP contribution in [0.5, 0.6) is 23.0 Å². The van der Waals surface area contributed by atoms with E-state index >= 15 is 0 Å². The third-order valence-corrected chi connectivity index (χ3v) is 22.6. The second kappa shape index (κ2) is 18.2. The standard InChI is InChI=1S/C45H64N4O14Si2/c1-44(2,3)64(9,10)62-40-32-18-26(50)24-46(32)38(52)28-20-34(58-7)36(22-30(28)48(40)42(54)55)60-16-14-13-15-17-61-37-23-31-29(21-35(37)59-8)39(53)47-25-27(51)19-33(47)41(49(31)43(56)57)63-65(11,12)45(4,5)6/h20-23,32-33,40-41H,13-19,24-25H2,1-12H3,(H,54,55)(H,56,57). The first-order valence-corrected chi connectivity index (χ1v) is 27.8. The molecule has 0 bridgehead atoms. The fraction of sp³-hybridized carbons (Fsp3) is 0.600. The second-order valence-electron chi connectivity index (χ2n) is 20.1. The Labute approximate surface area is 382 Å². The molecular weight excluding hydrogens is 877 g/mol. The van der Waals surface area contributed by atoms with Crippen molar-refractivity contribution in [3.8, 4) is 23.0 Å². The van der Waals surface area contributed by atoms with Gasteiger partial charge in [0, 0.05) is 25.0 Å². The molecule has 18 nitrogen and oxygen atoms in total. The normalized spacial score (nSPS) is 21.4. The lowest BCUT2D eigenvalue weighted by molar-refractivity contribution is -0.117. The van der Waals surface area contributed by atoms with Crippen LogP contribution in [0.25, 0.3) is 0 Å². The molecule has 356 valence electrons. The van der Waals surface area contributed by atoms with Crippen molar-refractivity contribution in [1.82, 2.24) is 9.80 Å². The van der Waals surface area contributed by atoms with E-state index in [0.717, 1.165) is 9.80 Å². The summed E-state index contributed by atoms with van der Waals surface area (Å²) in [6.07, 6.45) is -3.37. The molecule has 2 aromatic carbocycles. The van der Waals surface area contributed by atoms with Gasteiger partial charge in [-0.05, 0) is 67.7 Å². The van der Waals surface area contributed by atoms with Gasteiger partial charge in [0.15, 0.2) is 63.7 Å². The highest BCUT2D eigenvalue weighted by Crippen LogP contribution is 2.47. The fourth-order valence-corrected chi connectivity index (χ4v) is 10.5. The molecule has 6 rings (SSSR count). The maximum Gasteiger partial charge on any atom is 0.414 e. The smallest absolute Gasteiger partial charge is 0.414 e. The van der Waals surface area contributed by atoms with Crippen LogP contribution >= 0.6 is 0 Å². The van der Waals surface area contributed by atoms with Crippen LogP contribution in [0.15, 0.2) is 24.3 Å². The molecule has 4 aliphatic heterocycles. The number of ketones is 2. The first kappa shape index (κ1) is 49.3. The summed E-state index contributed by atoms with van der Waals surface area (Å²) in [7, 11) is -2.46. The predicted molar refractivity (Wildman–Crippen MR) is 245 cm³/mol. The number of hydrogen-bond acceptors (Lipinski definition) is 12. The van der Waals surface area contributed by atoms with E-state index in [2.05, 4.69) is 0 Å². The summed E-state index contributed by atoms with van der Waals surface area (Å²) in [6, 6.07) is 4.21.